The minimum Gasteiger partial charge on any atom is -0.288 e. The maximum Gasteiger partial charge on any atom is 0.241 e. The van der Waals surface area contributed by atoms with Crippen molar-refractivity contribution in [2.24, 2.45) is 5.11 Å². The first-order chi connectivity index (χ1) is 9.61. The van der Waals surface area contributed by atoms with Gasteiger partial charge in [-0.25, -0.2) is 0 Å². The average molecular weight is 269 g/mol. The number of hydrogen-bond acceptors (Lipinski definition) is 1. The highest BCUT2D eigenvalue weighted by molar-refractivity contribution is 5.89. The molecule has 2 rings (SSSR count). The molecule has 0 atom stereocenters. The maximum absolute atomic E-state index is 11.1. The fraction of sp³-hybridized carbons (Fsp3) is 0.312. The lowest BCUT2D eigenvalue weighted by molar-refractivity contribution is -0.113. The summed E-state index contributed by atoms with van der Waals surface area (Å²) in [5, 5.41) is 3.00. The van der Waals surface area contributed by atoms with Crippen LogP contribution in [0.25, 0.3) is 16.5 Å². The Bertz CT molecular complexity index is 621. The standard InChI is InChI=1S/C14H13N3O.C2H6/c1-9-3-4-10(2)13-8-11(7-12(9)13)5-6-14(18)16-17-15;1-2/h3-7H,8H2,1-2H3;1-2H3/b6-5-;. The molecule has 1 aromatic rings. The molecule has 1 aliphatic carbocycles. The molecular formula is C16H19N3O. The third kappa shape index (κ3) is 3.59. The quantitative estimate of drug-likeness (QED) is 0.333. The molecule has 1 aromatic carbocycles. The van der Waals surface area contributed by atoms with E-state index in [9.17, 15) is 4.79 Å². The van der Waals surface area contributed by atoms with Crippen molar-refractivity contribution in [3.8, 4) is 0 Å². The summed E-state index contributed by atoms with van der Waals surface area (Å²) >= 11 is 0. The first kappa shape index (κ1) is 15.7. The Morgan fingerprint density at radius 3 is 2.55 bits per heavy atom. The van der Waals surface area contributed by atoms with Crippen molar-refractivity contribution in [3.63, 3.8) is 0 Å². The summed E-state index contributed by atoms with van der Waals surface area (Å²) in [5.41, 5.74) is 14.2. The lowest BCUT2D eigenvalue weighted by Gasteiger charge is -2.05. The lowest BCUT2D eigenvalue weighted by atomic mass is 9.99. The third-order valence-electron chi connectivity index (χ3n) is 3.10. The van der Waals surface area contributed by atoms with Gasteiger partial charge < -0.3 is 0 Å². The Morgan fingerprint density at radius 2 is 1.95 bits per heavy atom. The molecule has 4 nitrogen and oxygen atoms in total. The number of fused-ring (bicyclic) bond motifs is 1. The minimum absolute atomic E-state index is 0.567. The third-order valence-corrected chi connectivity index (χ3v) is 3.10. The Kier molecular flexibility index (Phi) is 5.75. The summed E-state index contributed by atoms with van der Waals surface area (Å²) in [6, 6.07) is 4.21. The summed E-state index contributed by atoms with van der Waals surface area (Å²) in [7, 11) is 0. The molecule has 0 radical (unpaired) electrons. The predicted molar refractivity (Wildman–Crippen MR) is 82.2 cm³/mol. The second kappa shape index (κ2) is 7.31. The second-order valence-corrected chi connectivity index (χ2v) is 4.35. The predicted octanol–water partition coefficient (Wildman–Crippen LogP) is 4.66. The van der Waals surface area contributed by atoms with Crippen LogP contribution in [-0.2, 0) is 11.2 Å². The molecule has 0 aromatic heterocycles. The van der Waals surface area contributed by atoms with Crippen LogP contribution >= 0.6 is 0 Å². The van der Waals surface area contributed by atoms with Crippen LogP contribution in [0.1, 0.15) is 36.1 Å². The zero-order chi connectivity index (χ0) is 15.1. The Hall–Kier alpha value is -2.32. The molecule has 0 saturated heterocycles. The van der Waals surface area contributed by atoms with Gasteiger partial charge in [0.25, 0.3) is 0 Å². The topological polar surface area (TPSA) is 65.8 Å². The molecule has 0 unspecified atom stereocenters. The first-order valence-corrected chi connectivity index (χ1v) is 6.68. The van der Waals surface area contributed by atoms with E-state index >= 15 is 0 Å². The number of allylic oxidation sites excluding steroid dienone is 2. The molecule has 1 amide bonds. The van der Waals surface area contributed by atoms with Crippen LogP contribution in [0.3, 0.4) is 0 Å². The van der Waals surface area contributed by atoms with Gasteiger partial charge in [-0.05, 0) is 64.8 Å². The van der Waals surface area contributed by atoms with Crippen LogP contribution in [-0.4, -0.2) is 5.91 Å². The van der Waals surface area contributed by atoms with Crippen LogP contribution in [0, 0.1) is 13.8 Å². The monoisotopic (exact) mass is 269 g/mol. The number of aryl methyl sites for hydroxylation is 2. The number of carbonyl (C=O) groups is 1. The van der Waals surface area contributed by atoms with Crippen molar-refractivity contribution >= 4 is 12.0 Å². The van der Waals surface area contributed by atoms with Gasteiger partial charge in [-0.15, -0.1) is 0 Å². The van der Waals surface area contributed by atoms with Crippen molar-refractivity contribution in [2.45, 2.75) is 34.1 Å². The van der Waals surface area contributed by atoms with E-state index in [4.69, 9.17) is 5.53 Å². The second-order valence-electron chi connectivity index (χ2n) is 4.35. The Balaban J connectivity index is 0.000000956. The maximum atomic E-state index is 11.1. The van der Waals surface area contributed by atoms with Crippen molar-refractivity contribution in [1.82, 2.24) is 0 Å². The molecule has 0 spiro atoms. The highest BCUT2D eigenvalue weighted by Gasteiger charge is 2.14. The van der Waals surface area contributed by atoms with E-state index < -0.39 is 5.91 Å². The summed E-state index contributed by atoms with van der Waals surface area (Å²) in [6.45, 7) is 8.16. The highest BCUT2D eigenvalue weighted by atomic mass is 16.1. The van der Waals surface area contributed by atoms with Gasteiger partial charge in [0.1, 0.15) is 0 Å². The van der Waals surface area contributed by atoms with E-state index in [0.717, 1.165) is 12.0 Å². The van der Waals surface area contributed by atoms with E-state index in [1.165, 1.54) is 28.3 Å². The molecule has 4 heteroatoms. The Morgan fingerprint density at radius 1 is 1.30 bits per heavy atom. The molecule has 1 aliphatic rings. The van der Waals surface area contributed by atoms with Gasteiger partial charge in [0, 0.05) is 4.91 Å². The van der Waals surface area contributed by atoms with E-state index in [1.807, 2.05) is 13.8 Å². The average Bonchev–Trinajstić information content (AvgIpc) is 2.89. The minimum atomic E-state index is -0.567. The number of hydrogen-bond donors (Lipinski definition) is 0. The van der Waals surface area contributed by atoms with Crippen molar-refractivity contribution < 1.29 is 4.79 Å². The number of carbonyl (C=O) groups excluding carboxylic acids is 1. The van der Waals surface area contributed by atoms with Gasteiger partial charge in [-0.1, -0.05) is 38.1 Å². The molecular weight excluding hydrogens is 250 g/mol. The first-order valence-electron chi connectivity index (χ1n) is 6.68. The van der Waals surface area contributed by atoms with Crippen LogP contribution in [0.4, 0.5) is 0 Å². The summed E-state index contributed by atoms with van der Waals surface area (Å²) in [4.78, 5) is 13.5. The number of amides is 1. The highest BCUT2D eigenvalue weighted by Crippen LogP contribution is 2.30. The molecule has 0 N–H and O–H groups in total. The number of benzene rings is 1. The zero-order valence-electron chi connectivity index (χ0n) is 12.3. The van der Waals surface area contributed by atoms with Gasteiger partial charge in [0.15, 0.2) is 0 Å². The van der Waals surface area contributed by atoms with Crippen molar-refractivity contribution in [3.05, 3.63) is 62.6 Å². The van der Waals surface area contributed by atoms with Gasteiger partial charge in [-0.3, -0.25) is 4.79 Å². The van der Waals surface area contributed by atoms with E-state index in [2.05, 4.69) is 42.1 Å². The van der Waals surface area contributed by atoms with E-state index in [1.54, 1.807) is 6.08 Å². The summed E-state index contributed by atoms with van der Waals surface area (Å²) in [5.74, 6) is -0.567. The lowest BCUT2D eigenvalue weighted by Crippen LogP contribution is -1.91. The van der Waals surface area contributed by atoms with E-state index in [0.29, 0.717) is 0 Å². The van der Waals surface area contributed by atoms with Gasteiger partial charge >= 0.3 is 0 Å². The van der Waals surface area contributed by atoms with Crippen LogP contribution in [0.2, 0.25) is 0 Å². The SMILES string of the molecule is CC.Cc1ccc(C)c2c1C=C(/C=C\C(=O)N=[N+]=[N-])C2. The summed E-state index contributed by atoms with van der Waals surface area (Å²) in [6.07, 6.45) is 5.93. The number of rotatable bonds is 2. The van der Waals surface area contributed by atoms with Crippen LogP contribution in [0.5, 0.6) is 0 Å². The molecule has 0 bridgehead atoms. The fourth-order valence-corrected chi connectivity index (χ4v) is 2.13. The number of nitrogens with zero attached hydrogens (tertiary/aromatic N) is 3. The molecule has 0 fully saturated rings. The fourth-order valence-electron chi connectivity index (χ4n) is 2.13. The van der Waals surface area contributed by atoms with Gasteiger partial charge in [-0.2, -0.15) is 0 Å². The van der Waals surface area contributed by atoms with Gasteiger partial charge in [0.05, 0.1) is 0 Å². The van der Waals surface area contributed by atoms with Crippen molar-refractivity contribution in [2.75, 3.05) is 0 Å². The normalized spacial score (nSPS) is 12.1. The van der Waals surface area contributed by atoms with Crippen molar-refractivity contribution in [1.29, 1.82) is 0 Å². The molecule has 20 heavy (non-hydrogen) atoms. The van der Waals surface area contributed by atoms with Gasteiger partial charge in [0.2, 0.25) is 5.91 Å². The summed E-state index contributed by atoms with van der Waals surface area (Å²) < 4.78 is 0. The van der Waals surface area contributed by atoms with Crippen LogP contribution in [0.15, 0.2) is 35.0 Å². The molecule has 0 saturated carbocycles. The molecule has 0 aliphatic heterocycles. The zero-order valence-corrected chi connectivity index (χ0v) is 12.3. The smallest absolute Gasteiger partial charge is 0.241 e. The largest absolute Gasteiger partial charge is 0.288 e. The number of azide groups is 1. The van der Waals surface area contributed by atoms with E-state index in [-0.39, 0.29) is 0 Å². The van der Waals surface area contributed by atoms with Crippen LogP contribution < -0.4 is 0 Å². The molecule has 104 valence electrons. The molecule has 0 heterocycles. The Labute approximate surface area is 119 Å².